The highest BCUT2D eigenvalue weighted by Crippen LogP contribution is 2.33. The quantitative estimate of drug-likeness (QED) is 0.454. The SMILES string of the molecule is CCCCCS(=O)(=O)N(C(N)=O)c1ccccc1N(C(N)=O)S(=O)(=O)CCCCC. The summed E-state index contributed by atoms with van der Waals surface area (Å²) in [5, 5.41) is 0. The van der Waals surface area contributed by atoms with Gasteiger partial charge in [-0.1, -0.05) is 51.7 Å². The summed E-state index contributed by atoms with van der Waals surface area (Å²) in [5.41, 5.74) is 9.97. The predicted octanol–water partition coefficient (Wildman–Crippen LogP) is 2.50. The number of rotatable bonds is 12. The normalized spacial score (nSPS) is 11.8. The van der Waals surface area contributed by atoms with E-state index in [1.54, 1.807) is 0 Å². The first kappa shape index (κ1) is 25.7. The number of amides is 4. The summed E-state index contributed by atoms with van der Waals surface area (Å²) >= 11 is 0. The van der Waals surface area contributed by atoms with Crippen molar-refractivity contribution in [1.82, 2.24) is 0 Å². The van der Waals surface area contributed by atoms with E-state index >= 15 is 0 Å². The Morgan fingerprint density at radius 3 is 1.33 bits per heavy atom. The lowest BCUT2D eigenvalue weighted by Crippen LogP contribution is -2.46. The van der Waals surface area contributed by atoms with E-state index in [1.807, 2.05) is 13.8 Å². The van der Waals surface area contributed by atoms with Crippen LogP contribution >= 0.6 is 0 Å². The second-order valence-electron chi connectivity index (χ2n) is 6.74. The Bertz CT molecular complexity index is 870. The van der Waals surface area contributed by atoms with Gasteiger partial charge in [-0.2, -0.15) is 8.61 Å². The van der Waals surface area contributed by atoms with Crippen LogP contribution in [-0.2, 0) is 20.0 Å². The molecule has 1 aromatic carbocycles. The number of urea groups is 2. The number of sulfonamides is 2. The van der Waals surface area contributed by atoms with Gasteiger partial charge in [0, 0.05) is 0 Å². The highest BCUT2D eigenvalue weighted by Gasteiger charge is 2.35. The van der Waals surface area contributed by atoms with Crippen LogP contribution in [-0.4, -0.2) is 40.4 Å². The third-order valence-corrected chi connectivity index (χ3v) is 7.76. The molecule has 0 aliphatic rings. The van der Waals surface area contributed by atoms with Crippen molar-refractivity contribution in [2.24, 2.45) is 11.5 Å². The number of nitrogens with two attached hydrogens (primary N) is 2. The van der Waals surface area contributed by atoms with Crippen molar-refractivity contribution in [3.63, 3.8) is 0 Å². The number of primary amides is 2. The fourth-order valence-electron chi connectivity index (χ4n) is 2.87. The number of carbonyl (C=O) groups excluding carboxylic acids is 2. The van der Waals surface area contributed by atoms with Crippen molar-refractivity contribution in [3.05, 3.63) is 24.3 Å². The van der Waals surface area contributed by atoms with E-state index in [-0.39, 0.29) is 22.9 Å². The van der Waals surface area contributed by atoms with Crippen molar-refractivity contribution >= 4 is 43.5 Å². The molecule has 170 valence electrons. The molecule has 0 aromatic heterocycles. The smallest absolute Gasteiger partial charge is 0.333 e. The van der Waals surface area contributed by atoms with Gasteiger partial charge in [0.25, 0.3) is 0 Å². The minimum Gasteiger partial charge on any atom is -0.350 e. The fraction of sp³-hybridized carbons (Fsp3) is 0.556. The summed E-state index contributed by atoms with van der Waals surface area (Å²) in [7, 11) is -8.42. The number of unbranched alkanes of at least 4 members (excludes halogenated alkanes) is 4. The maximum absolute atomic E-state index is 12.8. The Morgan fingerprint density at radius 2 is 1.07 bits per heavy atom. The van der Waals surface area contributed by atoms with Gasteiger partial charge in [0.2, 0.25) is 20.0 Å². The predicted molar refractivity (Wildman–Crippen MR) is 117 cm³/mol. The van der Waals surface area contributed by atoms with Crippen LogP contribution in [0.15, 0.2) is 24.3 Å². The zero-order valence-electron chi connectivity index (χ0n) is 17.3. The number of nitrogens with zero attached hydrogens (tertiary/aromatic N) is 2. The molecule has 10 nitrogen and oxygen atoms in total. The Hall–Kier alpha value is -2.34. The number of benzene rings is 1. The van der Waals surface area contributed by atoms with Crippen LogP contribution in [0.2, 0.25) is 0 Å². The van der Waals surface area contributed by atoms with Crippen LogP contribution in [0.5, 0.6) is 0 Å². The summed E-state index contributed by atoms with van der Waals surface area (Å²) in [6.07, 6.45) is 3.33. The first-order valence-electron chi connectivity index (χ1n) is 9.73. The molecule has 0 heterocycles. The average molecular weight is 463 g/mol. The number of hydrogen-bond donors (Lipinski definition) is 2. The first-order chi connectivity index (χ1) is 14.0. The monoisotopic (exact) mass is 462 g/mol. The molecule has 0 aliphatic carbocycles. The molecule has 0 radical (unpaired) electrons. The van der Waals surface area contributed by atoms with Gasteiger partial charge in [0.1, 0.15) is 0 Å². The second kappa shape index (κ2) is 11.2. The zero-order valence-corrected chi connectivity index (χ0v) is 18.9. The zero-order chi connectivity index (χ0) is 22.9. The highest BCUT2D eigenvalue weighted by molar-refractivity contribution is 7.94. The van der Waals surface area contributed by atoms with E-state index < -0.39 is 32.1 Å². The molecule has 0 saturated heterocycles. The maximum Gasteiger partial charge on any atom is 0.333 e. The van der Waals surface area contributed by atoms with Crippen LogP contribution in [0, 0.1) is 0 Å². The Kier molecular flexibility index (Phi) is 9.56. The maximum atomic E-state index is 12.8. The molecule has 0 aliphatic heterocycles. The largest absolute Gasteiger partial charge is 0.350 e. The van der Waals surface area contributed by atoms with Crippen LogP contribution in [0.25, 0.3) is 0 Å². The molecule has 4 amide bonds. The lowest BCUT2D eigenvalue weighted by molar-refractivity contribution is 0.255. The van der Waals surface area contributed by atoms with Crippen LogP contribution in [0.4, 0.5) is 21.0 Å². The topological polar surface area (TPSA) is 161 Å². The van der Waals surface area contributed by atoms with Gasteiger partial charge < -0.3 is 11.5 Å². The Labute approximate surface area is 178 Å². The standard InChI is InChI=1S/C18H30N4O6S2/c1-3-5-9-13-29(25,26)21(17(19)23)15-11-7-8-12-16(15)22(18(20)24)30(27,28)14-10-6-4-2/h7-8,11-12H,3-6,9-10,13-14H2,1-2H3,(H2,19,23)(H2,20,24). The summed E-state index contributed by atoms with van der Waals surface area (Å²) < 4.78 is 51.8. The van der Waals surface area contributed by atoms with Gasteiger partial charge in [-0.3, -0.25) is 0 Å². The van der Waals surface area contributed by atoms with E-state index in [9.17, 15) is 26.4 Å². The molecule has 4 N–H and O–H groups in total. The van der Waals surface area contributed by atoms with Gasteiger partial charge in [0.15, 0.2) is 0 Å². The van der Waals surface area contributed by atoms with Crippen molar-refractivity contribution in [1.29, 1.82) is 0 Å². The van der Waals surface area contributed by atoms with Crippen LogP contribution < -0.4 is 20.1 Å². The van der Waals surface area contributed by atoms with Crippen molar-refractivity contribution in [2.45, 2.75) is 52.4 Å². The molecule has 1 aromatic rings. The molecule has 0 bridgehead atoms. The highest BCUT2D eigenvalue weighted by atomic mass is 32.2. The minimum atomic E-state index is -4.21. The van der Waals surface area contributed by atoms with Gasteiger partial charge in [-0.25, -0.2) is 26.4 Å². The number of anilines is 2. The molecule has 0 saturated carbocycles. The van der Waals surface area contributed by atoms with E-state index in [1.165, 1.54) is 24.3 Å². The van der Waals surface area contributed by atoms with Crippen molar-refractivity contribution < 1.29 is 26.4 Å². The lowest BCUT2D eigenvalue weighted by Gasteiger charge is -2.27. The number of carbonyl (C=O) groups is 2. The molecule has 12 heteroatoms. The van der Waals surface area contributed by atoms with Crippen LogP contribution in [0.3, 0.4) is 0 Å². The molecule has 0 atom stereocenters. The molecule has 1 rings (SSSR count). The summed E-state index contributed by atoms with van der Waals surface area (Å²) in [5.74, 6) is -0.726. The third-order valence-electron chi connectivity index (χ3n) is 4.29. The molecule has 30 heavy (non-hydrogen) atoms. The molecular weight excluding hydrogens is 432 g/mol. The number of hydrogen-bond acceptors (Lipinski definition) is 6. The fourth-order valence-corrected chi connectivity index (χ4v) is 5.83. The van der Waals surface area contributed by atoms with Crippen LogP contribution in [0.1, 0.15) is 52.4 Å². The number of para-hydroxylation sites is 2. The summed E-state index contributed by atoms with van der Waals surface area (Å²) in [6.45, 7) is 3.78. The molecular formula is C18H30N4O6S2. The summed E-state index contributed by atoms with van der Waals surface area (Å²) in [4.78, 5) is 24.1. The minimum absolute atomic E-state index is 0.291. The summed E-state index contributed by atoms with van der Waals surface area (Å²) in [6, 6.07) is 2.58. The second-order valence-corrected chi connectivity index (χ2v) is 10.6. The third kappa shape index (κ3) is 6.59. The van der Waals surface area contributed by atoms with Gasteiger partial charge in [-0.05, 0) is 25.0 Å². The van der Waals surface area contributed by atoms with E-state index in [4.69, 9.17) is 11.5 Å². The lowest BCUT2D eigenvalue weighted by atomic mass is 10.2. The van der Waals surface area contributed by atoms with Gasteiger partial charge in [-0.15, -0.1) is 0 Å². The van der Waals surface area contributed by atoms with Crippen molar-refractivity contribution in [3.8, 4) is 0 Å². The molecule has 0 unspecified atom stereocenters. The van der Waals surface area contributed by atoms with E-state index in [0.717, 1.165) is 12.8 Å². The van der Waals surface area contributed by atoms with E-state index in [2.05, 4.69) is 0 Å². The molecule has 0 fully saturated rings. The Morgan fingerprint density at radius 1 is 0.733 bits per heavy atom. The van der Waals surface area contributed by atoms with Gasteiger partial charge >= 0.3 is 12.1 Å². The van der Waals surface area contributed by atoms with Gasteiger partial charge in [0.05, 0.1) is 22.9 Å². The Balaban J connectivity index is 3.53. The van der Waals surface area contributed by atoms with Crippen molar-refractivity contribution in [2.75, 3.05) is 20.1 Å². The average Bonchev–Trinajstić information content (AvgIpc) is 2.62. The van der Waals surface area contributed by atoms with E-state index in [0.29, 0.717) is 34.3 Å². The molecule has 0 spiro atoms. The first-order valence-corrected chi connectivity index (χ1v) is 12.9.